The Morgan fingerprint density at radius 1 is 1.00 bits per heavy atom. The van der Waals surface area contributed by atoms with Crippen molar-refractivity contribution in [2.24, 2.45) is 0 Å². The van der Waals surface area contributed by atoms with Gasteiger partial charge in [-0.25, -0.2) is 0 Å². The number of ketones is 1. The molecule has 1 saturated heterocycles. The van der Waals surface area contributed by atoms with Crippen LogP contribution in [0, 0.1) is 13.8 Å². The van der Waals surface area contributed by atoms with Crippen LogP contribution in [0.4, 0.5) is 5.69 Å². The van der Waals surface area contributed by atoms with Gasteiger partial charge in [-0.2, -0.15) is 0 Å². The van der Waals surface area contributed by atoms with E-state index >= 15 is 0 Å². The normalized spacial score (nSPS) is 18.1. The highest BCUT2D eigenvalue weighted by atomic mass is 16.3. The second-order valence-corrected chi connectivity index (χ2v) is 9.92. The van der Waals surface area contributed by atoms with Crippen molar-refractivity contribution in [2.45, 2.75) is 59.4 Å². The molecule has 0 saturated carbocycles. The van der Waals surface area contributed by atoms with Crippen molar-refractivity contribution in [1.29, 1.82) is 0 Å². The van der Waals surface area contributed by atoms with Gasteiger partial charge in [-0.05, 0) is 72.7 Å². The number of carbonyl (C=O) groups is 2. The van der Waals surface area contributed by atoms with E-state index in [0.29, 0.717) is 22.8 Å². The van der Waals surface area contributed by atoms with E-state index in [2.05, 4.69) is 27.7 Å². The van der Waals surface area contributed by atoms with Crippen LogP contribution in [0.25, 0.3) is 5.76 Å². The van der Waals surface area contributed by atoms with E-state index in [1.807, 2.05) is 56.3 Å². The first kappa shape index (κ1) is 23.6. The second kappa shape index (κ2) is 8.64. The number of aryl methyl sites for hydroxylation is 3. The Hall–Kier alpha value is -3.60. The number of aliphatic hydroxyl groups excluding tert-OH is 1. The lowest BCUT2D eigenvalue weighted by Gasteiger charge is -2.24. The Balaban J connectivity index is 1.94. The molecule has 1 atom stereocenters. The Bertz CT molecular complexity index is 1290. The zero-order chi connectivity index (χ0) is 24.8. The van der Waals surface area contributed by atoms with E-state index in [-0.39, 0.29) is 16.7 Å². The molecular formula is C29H31NO4. The van der Waals surface area contributed by atoms with Crippen LogP contribution in [0.2, 0.25) is 0 Å². The Labute approximate surface area is 200 Å². The first-order valence-electron chi connectivity index (χ1n) is 11.6. The molecule has 1 aliphatic rings. The van der Waals surface area contributed by atoms with Gasteiger partial charge in [0.15, 0.2) is 0 Å². The summed E-state index contributed by atoms with van der Waals surface area (Å²) in [6.07, 6.45) is 0.864. The van der Waals surface area contributed by atoms with Crippen molar-refractivity contribution >= 4 is 23.1 Å². The summed E-state index contributed by atoms with van der Waals surface area (Å²) in [5.41, 5.74) is 3.98. The van der Waals surface area contributed by atoms with E-state index in [9.17, 15) is 14.7 Å². The predicted octanol–water partition coefficient (Wildman–Crippen LogP) is 6.38. The molecule has 0 bridgehead atoms. The summed E-state index contributed by atoms with van der Waals surface area (Å²) in [6.45, 7) is 12.0. The molecule has 176 valence electrons. The molecule has 4 rings (SSSR count). The number of hydrogen-bond acceptors (Lipinski definition) is 4. The molecule has 2 heterocycles. The monoisotopic (exact) mass is 457 g/mol. The van der Waals surface area contributed by atoms with Crippen LogP contribution in [0.1, 0.15) is 67.5 Å². The highest BCUT2D eigenvalue weighted by Gasteiger charge is 2.48. The average Bonchev–Trinajstić information content (AvgIpc) is 3.33. The second-order valence-electron chi connectivity index (χ2n) is 9.92. The van der Waals surface area contributed by atoms with Gasteiger partial charge < -0.3 is 9.52 Å². The van der Waals surface area contributed by atoms with Gasteiger partial charge in [0.05, 0.1) is 5.57 Å². The molecular weight excluding hydrogens is 426 g/mol. The highest BCUT2D eigenvalue weighted by molar-refractivity contribution is 6.51. The zero-order valence-electron chi connectivity index (χ0n) is 20.6. The van der Waals surface area contributed by atoms with Crippen LogP contribution in [-0.2, 0) is 21.4 Å². The molecule has 5 heteroatoms. The molecule has 1 fully saturated rings. The molecule has 0 radical (unpaired) electrons. The standard InChI is InChI=1S/C29H31NO4/c1-7-19-10-13-21(14-11-19)30-25(23-15-9-18(3)34-23)24(27(32)28(30)33)26(31)22-16-20(29(4,5)6)12-8-17(22)2/h8-16,25,31H,7H2,1-6H3/b26-24+. The third kappa shape index (κ3) is 4.07. The maximum atomic E-state index is 13.4. The molecule has 1 aromatic heterocycles. The van der Waals surface area contributed by atoms with Gasteiger partial charge in [0.1, 0.15) is 23.3 Å². The van der Waals surface area contributed by atoms with E-state index in [1.54, 1.807) is 12.1 Å². The van der Waals surface area contributed by atoms with Crippen molar-refractivity contribution in [3.8, 4) is 0 Å². The maximum Gasteiger partial charge on any atom is 0.300 e. The minimum atomic E-state index is -0.862. The van der Waals surface area contributed by atoms with Crippen molar-refractivity contribution in [3.05, 3.63) is 93.9 Å². The number of carbonyl (C=O) groups excluding carboxylic acids is 2. The first-order chi connectivity index (χ1) is 16.0. The molecule has 2 aromatic carbocycles. The Kier molecular flexibility index (Phi) is 5.98. The van der Waals surface area contributed by atoms with Crippen molar-refractivity contribution < 1.29 is 19.1 Å². The van der Waals surface area contributed by atoms with Gasteiger partial charge in [-0.1, -0.05) is 52.0 Å². The smallest absolute Gasteiger partial charge is 0.300 e. The lowest BCUT2D eigenvalue weighted by molar-refractivity contribution is -0.132. The van der Waals surface area contributed by atoms with Crippen LogP contribution in [-0.4, -0.2) is 16.8 Å². The SMILES string of the molecule is CCc1ccc(N2C(=O)C(=O)/C(=C(/O)c3cc(C(C)(C)C)ccc3C)C2c2ccc(C)o2)cc1. The van der Waals surface area contributed by atoms with Crippen molar-refractivity contribution in [2.75, 3.05) is 4.90 Å². The fourth-order valence-corrected chi connectivity index (χ4v) is 4.35. The van der Waals surface area contributed by atoms with E-state index in [1.165, 1.54) is 4.90 Å². The van der Waals surface area contributed by atoms with Crippen LogP contribution in [0.5, 0.6) is 0 Å². The summed E-state index contributed by atoms with van der Waals surface area (Å²) in [7, 11) is 0. The number of amides is 1. The molecule has 3 aromatic rings. The lowest BCUT2D eigenvalue weighted by Crippen LogP contribution is -2.29. The van der Waals surface area contributed by atoms with Gasteiger partial charge in [-0.15, -0.1) is 0 Å². The van der Waals surface area contributed by atoms with Gasteiger partial charge >= 0.3 is 0 Å². The number of nitrogens with zero attached hydrogens (tertiary/aromatic N) is 1. The number of rotatable bonds is 4. The van der Waals surface area contributed by atoms with Crippen LogP contribution >= 0.6 is 0 Å². The van der Waals surface area contributed by atoms with Gasteiger partial charge in [0, 0.05) is 11.3 Å². The summed E-state index contributed by atoms with van der Waals surface area (Å²) in [6, 6.07) is 16.1. The summed E-state index contributed by atoms with van der Waals surface area (Å²) < 4.78 is 5.89. The minimum absolute atomic E-state index is 0.0353. The molecule has 0 spiro atoms. The van der Waals surface area contributed by atoms with Gasteiger partial charge in [-0.3, -0.25) is 14.5 Å². The predicted molar refractivity (Wildman–Crippen MR) is 134 cm³/mol. The number of hydrogen-bond donors (Lipinski definition) is 1. The molecule has 1 unspecified atom stereocenters. The lowest BCUT2D eigenvalue weighted by atomic mass is 9.84. The summed E-state index contributed by atoms with van der Waals surface area (Å²) >= 11 is 0. The maximum absolute atomic E-state index is 13.4. The highest BCUT2D eigenvalue weighted by Crippen LogP contribution is 2.43. The fraction of sp³-hybridized carbons (Fsp3) is 0.310. The molecule has 1 N–H and O–H groups in total. The van der Waals surface area contributed by atoms with Gasteiger partial charge in [0.25, 0.3) is 11.7 Å². The number of aliphatic hydroxyl groups is 1. The van der Waals surface area contributed by atoms with E-state index in [0.717, 1.165) is 23.1 Å². The average molecular weight is 458 g/mol. The fourth-order valence-electron chi connectivity index (χ4n) is 4.35. The van der Waals surface area contributed by atoms with E-state index in [4.69, 9.17) is 4.42 Å². The number of benzene rings is 2. The van der Waals surface area contributed by atoms with Crippen molar-refractivity contribution in [1.82, 2.24) is 0 Å². The molecule has 0 aliphatic carbocycles. The molecule has 34 heavy (non-hydrogen) atoms. The number of furan rings is 1. The molecule has 5 nitrogen and oxygen atoms in total. The zero-order valence-corrected chi connectivity index (χ0v) is 20.6. The van der Waals surface area contributed by atoms with Crippen LogP contribution < -0.4 is 4.90 Å². The van der Waals surface area contributed by atoms with Gasteiger partial charge in [0.2, 0.25) is 0 Å². The van der Waals surface area contributed by atoms with Crippen molar-refractivity contribution in [3.63, 3.8) is 0 Å². The molecule has 1 aliphatic heterocycles. The summed E-state index contributed by atoms with van der Waals surface area (Å²) in [4.78, 5) is 28.1. The molecule has 1 amide bonds. The third-order valence-electron chi connectivity index (χ3n) is 6.46. The first-order valence-corrected chi connectivity index (χ1v) is 11.6. The topological polar surface area (TPSA) is 70.8 Å². The Morgan fingerprint density at radius 3 is 2.24 bits per heavy atom. The summed E-state index contributed by atoms with van der Waals surface area (Å²) in [5.74, 6) is -0.505. The number of Topliss-reactive ketones (excluding diaryl/α,β-unsaturated/α-hetero) is 1. The third-order valence-corrected chi connectivity index (χ3v) is 6.46. The quantitative estimate of drug-likeness (QED) is 0.280. The minimum Gasteiger partial charge on any atom is -0.507 e. The van der Waals surface area contributed by atoms with E-state index < -0.39 is 17.7 Å². The van der Waals surface area contributed by atoms with Crippen LogP contribution in [0.3, 0.4) is 0 Å². The largest absolute Gasteiger partial charge is 0.507 e. The summed E-state index contributed by atoms with van der Waals surface area (Å²) in [5, 5.41) is 11.5. The Morgan fingerprint density at radius 2 is 1.68 bits per heavy atom. The number of anilines is 1. The van der Waals surface area contributed by atoms with Crippen LogP contribution in [0.15, 0.2) is 64.6 Å².